The van der Waals surface area contributed by atoms with Crippen molar-refractivity contribution in [3.63, 3.8) is 0 Å². The molecule has 2 aromatic carbocycles. The lowest BCUT2D eigenvalue weighted by Crippen LogP contribution is -2.41. The van der Waals surface area contributed by atoms with Crippen LogP contribution >= 0.6 is 0 Å². The van der Waals surface area contributed by atoms with Gasteiger partial charge < -0.3 is 24.7 Å². The number of H-pyrrole nitrogens is 1. The van der Waals surface area contributed by atoms with Crippen LogP contribution in [-0.4, -0.2) is 41.3 Å². The van der Waals surface area contributed by atoms with Gasteiger partial charge in [-0.1, -0.05) is 18.2 Å². The number of pyridine rings is 1. The Labute approximate surface area is 219 Å². The molecule has 0 radical (unpaired) electrons. The summed E-state index contributed by atoms with van der Waals surface area (Å²) in [5.41, 5.74) is 5.11. The van der Waals surface area contributed by atoms with E-state index < -0.39 is 12.7 Å². The maximum atomic E-state index is 13.9. The molecule has 2 aliphatic rings. The van der Waals surface area contributed by atoms with E-state index in [1.54, 1.807) is 18.5 Å². The van der Waals surface area contributed by atoms with E-state index in [9.17, 15) is 9.18 Å². The van der Waals surface area contributed by atoms with Crippen LogP contribution < -0.4 is 20.5 Å². The molecule has 4 aromatic rings. The number of benzene rings is 2. The minimum atomic E-state index is -0.639. The van der Waals surface area contributed by atoms with Gasteiger partial charge in [-0.05, 0) is 48.9 Å². The van der Waals surface area contributed by atoms with Gasteiger partial charge in [-0.15, -0.1) is 0 Å². The predicted octanol–water partition coefficient (Wildman–Crippen LogP) is 4.87. The number of aryl methyl sites for hydroxylation is 1. The fourth-order valence-corrected chi connectivity index (χ4v) is 5.07. The topological polar surface area (TPSA) is 92.4 Å². The third-order valence-electron chi connectivity index (χ3n) is 6.95. The summed E-state index contributed by atoms with van der Waals surface area (Å²) in [7, 11) is 0. The Kier molecular flexibility index (Phi) is 6.51. The van der Waals surface area contributed by atoms with Crippen molar-refractivity contribution in [3.8, 4) is 11.5 Å². The maximum absolute atomic E-state index is 13.9. The first-order chi connectivity index (χ1) is 18.6. The Balaban J connectivity index is 1.23. The van der Waals surface area contributed by atoms with Gasteiger partial charge in [0.25, 0.3) is 5.56 Å². The number of aromatic nitrogens is 3. The van der Waals surface area contributed by atoms with Crippen molar-refractivity contribution in [2.75, 3.05) is 36.6 Å². The Morgan fingerprint density at radius 3 is 2.95 bits per heavy atom. The molecule has 0 aliphatic carbocycles. The second kappa shape index (κ2) is 10.3. The van der Waals surface area contributed by atoms with Crippen LogP contribution in [0.25, 0.3) is 0 Å². The van der Waals surface area contributed by atoms with Gasteiger partial charge in [-0.25, -0.2) is 14.4 Å². The molecule has 0 amide bonds. The molecule has 2 unspecified atom stereocenters. The monoisotopic (exact) mass is 513 g/mol. The normalized spacial score (nSPS) is 17.2. The molecule has 194 valence electrons. The van der Waals surface area contributed by atoms with Crippen LogP contribution in [0.5, 0.6) is 11.5 Å². The first kappa shape index (κ1) is 24.1. The van der Waals surface area contributed by atoms with Crippen molar-refractivity contribution in [1.82, 2.24) is 15.0 Å². The van der Waals surface area contributed by atoms with E-state index in [1.165, 1.54) is 0 Å². The quantitative estimate of drug-likeness (QED) is 0.335. The Morgan fingerprint density at radius 2 is 2.11 bits per heavy atom. The average Bonchev–Trinajstić information content (AvgIpc) is 2.94. The number of morpholine rings is 1. The standard InChI is InChI=1S/C29H28FN5O3/c1-18-9-11-31-28(33-18)23(16-30)34-21-7-8-25-20(15-21)14-19-4-2-5-22(27(19)38-25)26-17-35(12-13-37-26)24-6-3-10-32-29(24)36/h2-11,15,23,26,34H,12-14,16-17H2,1H3,(H,32,36). The summed E-state index contributed by atoms with van der Waals surface area (Å²) < 4.78 is 26.4. The van der Waals surface area contributed by atoms with E-state index in [-0.39, 0.29) is 11.7 Å². The fraction of sp³-hybridized carbons (Fsp3) is 0.276. The number of para-hydroxylation sites is 1. The van der Waals surface area contributed by atoms with E-state index in [0.717, 1.165) is 39.6 Å². The first-order valence-corrected chi connectivity index (χ1v) is 12.7. The molecule has 1 saturated heterocycles. The van der Waals surface area contributed by atoms with Gasteiger partial charge in [0.1, 0.15) is 36.0 Å². The van der Waals surface area contributed by atoms with E-state index in [2.05, 4.69) is 31.2 Å². The molecule has 2 aromatic heterocycles. The lowest BCUT2D eigenvalue weighted by molar-refractivity contribution is 0.0383. The van der Waals surface area contributed by atoms with Crippen molar-refractivity contribution in [3.05, 3.63) is 106 Å². The molecule has 6 rings (SSSR count). The Bertz CT molecular complexity index is 1520. The molecular formula is C29H28FN5O3. The van der Waals surface area contributed by atoms with E-state index in [1.807, 2.05) is 49.4 Å². The van der Waals surface area contributed by atoms with Gasteiger partial charge in [-0.3, -0.25) is 4.79 Å². The fourth-order valence-electron chi connectivity index (χ4n) is 5.07. The summed E-state index contributed by atoms with van der Waals surface area (Å²) in [5.74, 6) is 1.98. The Morgan fingerprint density at radius 1 is 1.18 bits per heavy atom. The van der Waals surface area contributed by atoms with E-state index >= 15 is 0 Å². The number of nitrogens with one attached hydrogen (secondary N) is 2. The molecule has 2 N–H and O–H groups in total. The zero-order chi connectivity index (χ0) is 26.1. The second-order valence-electron chi connectivity index (χ2n) is 9.53. The molecule has 1 fully saturated rings. The highest BCUT2D eigenvalue weighted by Gasteiger charge is 2.29. The molecule has 2 atom stereocenters. The van der Waals surface area contributed by atoms with Crippen LogP contribution in [0.3, 0.4) is 0 Å². The number of nitrogens with zero attached hydrogens (tertiary/aromatic N) is 3. The van der Waals surface area contributed by atoms with Crippen molar-refractivity contribution in [2.45, 2.75) is 25.5 Å². The van der Waals surface area contributed by atoms with Crippen LogP contribution in [-0.2, 0) is 11.2 Å². The lowest BCUT2D eigenvalue weighted by atomic mass is 9.95. The number of fused-ring (bicyclic) bond motifs is 2. The van der Waals surface area contributed by atoms with Crippen molar-refractivity contribution >= 4 is 11.4 Å². The highest BCUT2D eigenvalue weighted by molar-refractivity contribution is 5.59. The van der Waals surface area contributed by atoms with Crippen LogP contribution in [0.1, 0.15) is 40.4 Å². The number of rotatable bonds is 6. The largest absolute Gasteiger partial charge is 0.456 e. The van der Waals surface area contributed by atoms with Gasteiger partial charge >= 0.3 is 0 Å². The third-order valence-corrected chi connectivity index (χ3v) is 6.95. The minimum Gasteiger partial charge on any atom is -0.456 e. The van der Waals surface area contributed by atoms with Crippen molar-refractivity contribution in [2.24, 2.45) is 0 Å². The van der Waals surface area contributed by atoms with Crippen LogP contribution in [0.15, 0.2) is 71.8 Å². The maximum Gasteiger partial charge on any atom is 0.271 e. The highest BCUT2D eigenvalue weighted by Crippen LogP contribution is 2.43. The number of halogens is 1. The molecule has 8 nitrogen and oxygen atoms in total. The first-order valence-electron chi connectivity index (χ1n) is 12.7. The van der Waals surface area contributed by atoms with Crippen LogP contribution in [0.4, 0.5) is 15.8 Å². The number of aromatic amines is 1. The highest BCUT2D eigenvalue weighted by atomic mass is 19.1. The van der Waals surface area contributed by atoms with E-state index in [4.69, 9.17) is 9.47 Å². The summed E-state index contributed by atoms with van der Waals surface area (Å²) in [6.45, 7) is 2.94. The molecule has 38 heavy (non-hydrogen) atoms. The zero-order valence-electron chi connectivity index (χ0n) is 21.0. The van der Waals surface area contributed by atoms with E-state index in [0.29, 0.717) is 37.6 Å². The van der Waals surface area contributed by atoms with Gasteiger partial charge in [-0.2, -0.15) is 0 Å². The predicted molar refractivity (Wildman–Crippen MR) is 143 cm³/mol. The lowest BCUT2D eigenvalue weighted by Gasteiger charge is -2.35. The SMILES string of the molecule is Cc1ccnc(C(CF)Nc2ccc3c(c2)Cc2cccc(C4CN(c5ccc[nH]c5=O)CCO4)c2O3)n1. The molecular weight excluding hydrogens is 485 g/mol. The van der Waals surface area contributed by atoms with Crippen molar-refractivity contribution in [1.29, 1.82) is 0 Å². The smallest absolute Gasteiger partial charge is 0.271 e. The summed E-state index contributed by atoms with van der Waals surface area (Å²) in [4.78, 5) is 25.8. The minimum absolute atomic E-state index is 0.109. The number of anilines is 2. The van der Waals surface area contributed by atoms with Crippen LogP contribution in [0, 0.1) is 6.92 Å². The summed E-state index contributed by atoms with van der Waals surface area (Å²) in [6.07, 6.45) is 3.71. The molecule has 0 spiro atoms. The van der Waals surface area contributed by atoms with Crippen LogP contribution in [0.2, 0.25) is 0 Å². The average molecular weight is 514 g/mol. The third kappa shape index (κ3) is 4.72. The van der Waals surface area contributed by atoms with Gasteiger partial charge in [0.2, 0.25) is 0 Å². The van der Waals surface area contributed by atoms with Crippen molar-refractivity contribution < 1.29 is 13.9 Å². The van der Waals surface area contributed by atoms with Gasteiger partial charge in [0, 0.05) is 54.4 Å². The number of hydrogen-bond acceptors (Lipinski definition) is 7. The molecule has 0 bridgehead atoms. The zero-order valence-corrected chi connectivity index (χ0v) is 21.0. The molecule has 4 heterocycles. The molecule has 0 saturated carbocycles. The number of hydrogen-bond donors (Lipinski definition) is 2. The summed E-state index contributed by atoms with van der Waals surface area (Å²) in [6, 6.07) is 16.7. The summed E-state index contributed by atoms with van der Waals surface area (Å²) in [5, 5.41) is 3.23. The van der Waals surface area contributed by atoms with Gasteiger partial charge in [0.15, 0.2) is 5.82 Å². The number of ether oxygens (including phenoxy) is 2. The summed E-state index contributed by atoms with van der Waals surface area (Å²) >= 11 is 0. The second-order valence-corrected chi connectivity index (χ2v) is 9.53. The molecule has 9 heteroatoms. The number of alkyl halides is 1. The Hall–Kier alpha value is -4.24. The molecule has 2 aliphatic heterocycles. The van der Waals surface area contributed by atoms with Gasteiger partial charge in [0.05, 0.1) is 6.61 Å².